The first kappa shape index (κ1) is 10.7. The summed E-state index contributed by atoms with van der Waals surface area (Å²) >= 11 is 2.11. The normalized spacial score (nSPS) is 32.9. The molecule has 2 aliphatic rings. The summed E-state index contributed by atoms with van der Waals surface area (Å²) < 4.78 is 0. The van der Waals surface area contributed by atoms with E-state index >= 15 is 0 Å². The second kappa shape index (κ2) is 4.80. The van der Waals surface area contributed by atoms with Gasteiger partial charge in [0.2, 0.25) is 0 Å². The van der Waals surface area contributed by atoms with Crippen LogP contribution in [0.5, 0.6) is 0 Å². The molecule has 86 valence electrons. The number of nitrogens with one attached hydrogen (secondary N) is 1. The van der Waals surface area contributed by atoms with Gasteiger partial charge in [0.25, 0.3) is 0 Å². The predicted molar refractivity (Wildman–Crippen MR) is 71.0 cm³/mol. The smallest absolute Gasteiger partial charge is 0.0143 e. The van der Waals surface area contributed by atoms with E-state index in [9.17, 15) is 0 Å². The Kier molecular flexibility index (Phi) is 3.20. The Hall–Kier alpha value is -0.470. The van der Waals surface area contributed by atoms with Gasteiger partial charge in [0.15, 0.2) is 0 Å². The monoisotopic (exact) mass is 233 g/mol. The molecule has 1 saturated heterocycles. The van der Waals surface area contributed by atoms with Crippen molar-refractivity contribution in [2.75, 3.05) is 18.1 Å². The SMILES string of the molecule is c1ccc(C2CC2NCC2CCSC2)cc1. The molecule has 2 heteroatoms. The van der Waals surface area contributed by atoms with Crippen LogP contribution < -0.4 is 5.32 Å². The highest BCUT2D eigenvalue weighted by Gasteiger charge is 2.38. The molecule has 0 spiro atoms. The molecule has 3 atom stereocenters. The molecule has 1 heterocycles. The minimum absolute atomic E-state index is 0.757. The molecule has 0 amide bonds. The minimum Gasteiger partial charge on any atom is -0.313 e. The first-order chi connectivity index (χ1) is 7.93. The zero-order chi connectivity index (χ0) is 10.8. The van der Waals surface area contributed by atoms with E-state index in [0.717, 1.165) is 17.9 Å². The first-order valence-corrected chi connectivity index (χ1v) is 7.45. The molecule has 1 nitrogen and oxygen atoms in total. The van der Waals surface area contributed by atoms with Crippen molar-refractivity contribution in [3.63, 3.8) is 0 Å². The molecule has 2 fully saturated rings. The topological polar surface area (TPSA) is 12.0 Å². The molecule has 0 aromatic heterocycles. The van der Waals surface area contributed by atoms with Crippen LogP contribution in [0, 0.1) is 5.92 Å². The van der Waals surface area contributed by atoms with E-state index in [4.69, 9.17) is 0 Å². The molecule has 1 N–H and O–H groups in total. The fourth-order valence-electron chi connectivity index (χ4n) is 2.55. The second-order valence-corrected chi connectivity index (χ2v) is 6.15. The van der Waals surface area contributed by atoms with E-state index in [-0.39, 0.29) is 0 Å². The molecule has 1 aromatic carbocycles. The highest BCUT2D eigenvalue weighted by Crippen LogP contribution is 2.40. The average Bonchev–Trinajstić information content (AvgIpc) is 2.93. The molecule has 0 bridgehead atoms. The summed E-state index contributed by atoms with van der Waals surface area (Å²) in [5.74, 6) is 4.46. The van der Waals surface area contributed by atoms with Gasteiger partial charge in [-0.15, -0.1) is 0 Å². The van der Waals surface area contributed by atoms with Gasteiger partial charge in [0.1, 0.15) is 0 Å². The van der Waals surface area contributed by atoms with E-state index in [1.807, 2.05) is 0 Å². The van der Waals surface area contributed by atoms with Crippen molar-refractivity contribution in [3.8, 4) is 0 Å². The summed E-state index contributed by atoms with van der Waals surface area (Å²) in [5, 5.41) is 3.73. The fourth-order valence-corrected chi connectivity index (χ4v) is 3.84. The van der Waals surface area contributed by atoms with Crippen molar-refractivity contribution in [2.24, 2.45) is 5.92 Å². The summed E-state index contributed by atoms with van der Waals surface area (Å²) in [6, 6.07) is 11.7. The quantitative estimate of drug-likeness (QED) is 0.858. The lowest BCUT2D eigenvalue weighted by Crippen LogP contribution is -2.25. The van der Waals surface area contributed by atoms with Crippen LogP contribution in [0.25, 0.3) is 0 Å². The van der Waals surface area contributed by atoms with Crippen LogP contribution in [0.15, 0.2) is 30.3 Å². The van der Waals surface area contributed by atoms with Gasteiger partial charge in [-0.2, -0.15) is 11.8 Å². The number of rotatable bonds is 4. The van der Waals surface area contributed by atoms with Crippen LogP contribution in [0.2, 0.25) is 0 Å². The van der Waals surface area contributed by atoms with Crippen LogP contribution in [0.4, 0.5) is 0 Å². The molecular weight excluding hydrogens is 214 g/mol. The van der Waals surface area contributed by atoms with Gasteiger partial charge in [0.05, 0.1) is 0 Å². The van der Waals surface area contributed by atoms with Gasteiger partial charge in [0, 0.05) is 12.0 Å². The minimum atomic E-state index is 0.757. The molecule has 3 unspecified atom stereocenters. The number of hydrogen-bond donors (Lipinski definition) is 1. The molecule has 1 aliphatic carbocycles. The van der Waals surface area contributed by atoms with E-state index in [0.29, 0.717) is 0 Å². The summed E-state index contributed by atoms with van der Waals surface area (Å²) in [7, 11) is 0. The van der Waals surface area contributed by atoms with Crippen molar-refractivity contribution in [3.05, 3.63) is 35.9 Å². The van der Waals surface area contributed by atoms with Crippen molar-refractivity contribution in [2.45, 2.75) is 24.8 Å². The highest BCUT2D eigenvalue weighted by atomic mass is 32.2. The zero-order valence-corrected chi connectivity index (χ0v) is 10.4. The zero-order valence-electron chi connectivity index (χ0n) is 9.56. The van der Waals surface area contributed by atoms with Gasteiger partial charge >= 0.3 is 0 Å². The standard InChI is InChI=1S/C14H19NS/c1-2-4-12(5-3-1)13-8-14(13)15-9-11-6-7-16-10-11/h1-5,11,13-15H,6-10H2. The third-order valence-corrected chi connectivity index (χ3v) is 4.94. The molecular formula is C14H19NS. The van der Waals surface area contributed by atoms with Gasteiger partial charge in [-0.1, -0.05) is 30.3 Å². The van der Waals surface area contributed by atoms with Crippen molar-refractivity contribution in [1.29, 1.82) is 0 Å². The van der Waals surface area contributed by atoms with E-state index in [1.54, 1.807) is 0 Å². The predicted octanol–water partition coefficient (Wildman–Crippen LogP) is 2.89. The number of benzene rings is 1. The van der Waals surface area contributed by atoms with Gasteiger partial charge in [-0.3, -0.25) is 0 Å². The average molecular weight is 233 g/mol. The second-order valence-electron chi connectivity index (χ2n) is 5.00. The van der Waals surface area contributed by atoms with E-state index in [1.165, 1.54) is 36.5 Å². The molecule has 3 rings (SSSR count). The van der Waals surface area contributed by atoms with Crippen molar-refractivity contribution in [1.82, 2.24) is 5.32 Å². The van der Waals surface area contributed by atoms with Crippen LogP contribution in [-0.2, 0) is 0 Å². The molecule has 0 radical (unpaired) electrons. The van der Waals surface area contributed by atoms with Gasteiger partial charge in [-0.05, 0) is 42.4 Å². The Morgan fingerprint density at radius 3 is 2.88 bits per heavy atom. The summed E-state index contributed by atoms with van der Waals surface area (Å²) in [6.07, 6.45) is 2.75. The first-order valence-electron chi connectivity index (χ1n) is 6.29. The summed E-state index contributed by atoms with van der Waals surface area (Å²) in [4.78, 5) is 0. The summed E-state index contributed by atoms with van der Waals surface area (Å²) in [5.41, 5.74) is 1.51. The Labute approximate surface area is 102 Å². The van der Waals surface area contributed by atoms with Gasteiger partial charge in [-0.25, -0.2) is 0 Å². The van der Waals surface area contributed by atoms with Crippen LogP contribution in [-0.4, -0.2) is 24.1 Å². The third-order valence-electron chi connectivity index (χ3n) is 3.71. The van der Waals surface area contributed by atoms with Crippen LogP contribution in [0.1, 0.15) is 24.3 Å². The maximum Gasteiger partial charge on any atom is 0.0143 e. The number of hydrogen-bond acceptors (Lipinski definition) is 2. The Morgan fingerprint density at radius 2 is 2.12 bits per heavy atom. The lowest BCUT2D eigenvalue weighted by atomic mass is 10.1. The van der Waals surface area contributed by atoms with Crippen LogP contribution >= 0.6 is 11.8 Å². The Balaban J connectivity index is 1.46. The van der Waals surface area contributed by atoms with Gasteiger partial charge < -0.3 is 5.32 Å². The maximum atomic E-state index is 3.73. The lowest BCUT2D eigenvalue weighted by Gasteiger charge is -2.09. The van der Waals surface area contributed by atoms with Crippen molar-refractivity contribution >= 4 is 11.8 Å². The lowest BCUT2D eigenvalue weighted by molar-refractivity contribution is 0.517. The van der Waals surface area contributed by atoms with Crippen molar-refractivity contribution < 1.29 is 0 Å². The summed E-state index contributed by atoms with van der Waals surface area (Å²) in [6.45, 7) is 1.24. The Morgan fingerprint density at radius 1 is 1.25 bits per heavy atom. The van der Waals surface area contributed by atoms with E-state index in [2.05, 4.69) is 47.4 Å². The van der Waals surface area contributed by atoms with E-state index < -0.39 is 0 Å². The molecule has 16 heavy (non-hydrogen) atoms. The molecule has 1 aromatic rings. The fraction of sp³-hybridized carbons (Fsp3) is 0.571. The maximum absolute atomic E-state index is 3.73. The largest absolute Gasteiger partial charge is 0.313 e. The molecule has 1 saturated carbocycles. The highest BCUT2D eigenvalue weighted by molar-refractivity contribution is 7.99. The Bertz CT molecular complexity index is 332. The third kappa shape index (κ3) is 2.44. The van der Waals surface area contributed by atoms with Crippen LogP contribution in [0.3, 0.4) is 0 Å². The molecule has 1 aliphatic heterocycles. The number of thioether (sulfide) groups is 1.